The van der Waals surface area contributed by atoms with Crippen molar-refractivity contribution in [2.45, 2.75) is 51.9 Å². The fourth-order valence-electron chi connectivity index (χ4n) is 3.55. The molecule has 1 heterocycles. The first kappa shape index (κ1) is 21.4. The number of hydrogen-bond acceptors (Lipinski definition) is 4. The molecular weight excluding hydrogens is 340 g/mol. The van der Waals surface area contributed by atoms with Gasteiger partial charge in [-0.15, -0.1) is 0 Å². The number of carbonyl (C=O) groups excluding carboxylic acids is 2. The van der Waals surface area contributed by atoms with Crippen molar-refractivity contribution in [3.63, 3.8) is 0 Å². The molecule has 0 aromatic heterocycles. The highest BCUT2D eigenvalue weighted by Crippen LogP contribution is 2.13. The van der Waals surface area contributed by atoms with E-state index < -0.39 is 11.9 Å². The summed E-state index contributed by atoms with van der Waals surface area (Å²) in [6, 6.07) is 9.93. The first-order chi connectivity index (χ1) is 13.2. The minimum atomic E-state index is -0.738. The number of nitrogens with one attached hydrogen (secondary N) is 1. The second-order valence-electron chi connectivity index (χ2n) is 7.23. The molecule has 1 atom stereocenters. The molecule has 0 spiro atoms. The number of amides is 1. The highest BCUT2D eigenvalue weighted by Gasteiger charge is 2.27. The molecular formula is C22H34N2O3. The smallest absolute Gasteiger partial charge is 0.318 e. The molecule has 0 aliphatic carbocycles. The van der Waals surface area contributed by atoms with Crippen LogP contribution in [-0.2, 0) is 20.7 Å². The molecule has 5 heteroatoms. The number of carbonyl (C=O) groups is 2. The maximum absolute atomic E-state index is 12.6. The van der Waals surface area contributed by atoms with E-state index in [9.17, 15) is 9.59 Å². The largest absolute Gasteiger partial charge is 0.465 e. The lowest BCUT2D eigenvalue weighted by Gasteiger charge is -2.25. The van der Waals surface area contributed by atoms with Crippen LogP contribution in [0.15, 0.2) is 30.3 Å². The topological polar surface area (TPSA) is 58.6 Å². The molecule has 1 amide bonds. The molecule has 1 unspecified atom stereocenters. The SMILES string of the molecule is CCOC(=O)C(CCc1ccccc1)C(=O)NCCN1CCCCCCC1. The van der Waals surface area contributed by atoms with Crippen LogP contribution in [0.1, 0.15) is 51.0 Å². The van der Waals surface area contributed by atoms with Gasteiger partial charge in [0.15, 0.2) is 0 Å². The summed E-state index contributed by atoms with van der Waals surface area (Å²) in [5, 5.41) is 2.96. The van der Waals surface area contributed by atoms with E-state index in [0.29, 0.717) is 26.0 Å². The summed E-state index contributed by atoms with van der Waals surface area (Å²) in [5.41, 5.74) is 1.13. The lowest BCUT2D eigenvalue weighted by molar-refractivity contribution is -0.152. The highest BCUT2D eigenvalue weighted by atomic mass is 16.5. The third-order valence-corrected chi connectivity index (χ3v) is 5.13. The summed E-state index contributed by atoms with van der Waals surface area (Å²) in [4.78, 5) is 27.3. The number of ether oxygens (including phenoxy) is 1. The molecule has 1 saturated heterocycles. The van der Waals surface area contributed by atoms with Crippen molar-refractivity contribution in [1.29, 1.82) is 0 Å². The van der Waals surface area contributed by atoms with E-state index in [4.69, 9.17) is 4.74 Å². The first-order valence-corrected chi connectivity index (χ1v) is 10.4. The van der Waals surface area contributed by atoms with E-state index in [0.717, 1.165) is 25.2 Å². The van der Waals surface area contributed by atoms with Crippen molar-refractivity contribution in [3.8, 4) is 0 Å². The molecule has 1 aromatic carbocycles. The van der Waals surface area contributed by atoms with Crippen LogP contribution in [0.3, 0.4) is 0 Å². The molecule has 0 radical (unpaired) electrons. The van der Waals surface area contributed by atoms with Crippen LogP contribution in [0.2, 0.25) is 0 Å². The highest BCUT2D eigenvalue weighted by molar-refractivity contribution is 5.97. The van der Waals surface area contributed by atoms with E-state index in [1.165, 1.54) is 32.1 Å². The van der Waals surface area contributed by atoms with Crippen LogP contribution in [0.25, 0.3) is 0 Å². The Morgan fingerprint density at radius 2 is 1.74 bits per heavy atom. The molecule has 27 heavy (non-hydrogen) atoms. The van der Waals surface area contributed by atoms with Crippen molar-refractivity contribution in [2.24, 2.45) is 5.92 Å². The van der Waals surface area contributed by atoms with Gasteiger partial charge in [0.2, 0.25) is 5.91 Å². The van der Waals surface area contributed by atoms with Crippen molar-refractivity contribution in [3.05, 3.63) is 35.9 Å². The zero-order chi connectivity index (χ0) is 19.3. The number of benzene rings is 1. The van der Waals surface area contributed by atoms with Gasteiger partial charge in [-0.1, -0.05) is 49.6 Å². The van der Waals surface area contributed by atoms with Crippen LogP contribution < -0.4 is 5.32 Å². The maximum atomic E-state index is 12.6. The van der Waals surface area contributed by atoms with Crippen LogP contribution in [0.5, 0.6) is 0 Å². The number of rotatable bonds is 9. The summed E-state index contributed by atoms with van der Waals surface area (Å²) in [7, 11) is 0. The van der Waals surface area contributed by atoms with Gasteiger partial charge in [0.1, 0.15) is 5.92 Å². The Labute approximate surface area is 163 Å². The molecule has 5 nitrogen and oxygen atoms in total. The Kier molecular flexibility index (Phi) is 9.91. The third-order valence-electron chi connectivity index (χ3n) is 5.13. The Morgan fingerprint density at radius 3 is 2.41 bits per heavy atom. The quantitative estimate of drug-likeness (QED) is 0.533. The van der Waals surface area contributed by atoms with Crippen molar-refractivity contribution in [2.75, 3.05) is 32.8 Å². The molecule has 0 saturated carbocycles. The van der Waals surface area contributed by atoms with Gasteiger partial charge in [0.25, 0.3) is 0 Å². The minimum Gasteiger partial charge on any atom is -0.465 e. The minimum absolute atomic E-state index is 0.212. The van der Waals surface area contributed by atoms with Crippen LogP contribution >= 0.6 is 0 Å². The van der Waals surface area contributed by atoms with Gasteiger partial charge in [0.05, 0.1) is 6.61 Å². The number of nitrogens with zero attached hydrogens (tertiary/aromatic N) is 1. The molecule has 2 rings (SSSR count). The molecule has 1 aliphatic rings. The van der Waals surface area contributed by atoms with Gasteiger partial charge in [-0.2, -0.15) is 0 Å². The summed E-state index contributed by atoms with van der Waals surface area (Å²) >= 11 is 0. The lowest BCUT2D eigenvalue weighted by Crippen LogP contribution is -2.41. The third kappa shape index (κ3) is 8.12. The maximum Gasteiger partial charge on any atom is 0.318 e. The second kappa shape index (κ2) is 12.5. The second-order valence-corrected chi connectivity index (χ2v) is 7.23. The lowest BCUT2D eigenvalue weighted by atomic mass is 9.98. The number of esters is 1. The monoisotopic (exact) mass is 374 g/mol. The Hall–Kier alpha value is -1.88. The van der Waals surface area contributed by atoms with Gasteiger partial charge in [-0.3, -0.25) is 9.59 Å². The van der Waals surface area contributed by atoms with Crippen LogP contribution in [0.4, 0.5) is 0 Å². The zero-order valence-electron chi connectivity index (χ0n) is 16.6. The average molecular weight is 375 g/mol. The fourth-order valence-corrected chi connectivity index (χ4v) is 3.55. The Morgan fingerprint density at radius 1 is 1.07 bits per heavy atom. The van der Waals surface area contributed by atoms with Crippen molar-refractivity contribution >= 4 is 11.9 Å². The molecule has 0 bridgehead atoms. The summed E-state index contributed by atoms with van der Waals surface area (Å²) in [6.45, 7) is 5.70. The van der Waals surface area contributed by atoms with Gasteiger partial charge >= 0.3 is 5.97 Å². The van der Waals surface area contributed by atoms with E-state index in [1.807, 2.05) is 30.3 Å². The summed E-state index contributed by atoms with van der Waals surface area (Å²) < 4.78 is 5.13. The molecule has 1 fully saturated rings. The predicted molar refractivity (Wildman–Crippen MR) is 107 cm³/mol. The molecule has 1 aromatic rings. The van der Waals surface area contributed by atoms with E-state index in [-0.39, 0.29) is 5.91 Å². The molecule has 150 valence electrons. The number of hydrogen-bond donors (Lipinski definition) is 1. The number of likely N-dealkylation sites (tertiary alicyclic amines) is 1. The van der Waals surface area contributed by atoms with E-state index >= 15 is 0 Å². The van der Waals surface area contributed by atoms with Crippen molar-refractivity contribution < 1.29 is 14.3 Å². The molecule has 1 N–H and O–H groups in total. The van der Waals surface area contributed by atoms with Gasteiger partial charge in [-0.25, -0.2) is 0 Å². The van der Waals surface area contributed by atoms with Crippen LogP contribution in [0, 0.1) is 5.92 Å². The van der Waals surface area contributed by atoms with Crippen molar-refractivity contribution in [1.82, 2.24) is 10.2 Å². The van der Waals surface area contributed by atoms with Gasteiger partial charge in [-0.05, 0) is 51.3 Å². The summed E-state index contributed by atoms with van der Waals surface area (Å²) in [6.07, 6.45) is 7.56. The van der Waals surface area contributed by atoms with Gasteiger partial charge < -0.3 is 15.0 Å². The normalized spacial score (nSPS) is 16.8. The number of aryl methyl sites for hydroxylation is 1. The Balaban J connectivity index is 1.81. The van der Waals surface area contributed by atoms with E-state index in [1.54, 1.807) is 6.92 Å². The zero-order valence-corrected chi connectivity index (χ0v) is 16.6. The molecule has 1 aliphatic heterocycles. The standard InChI is InChI=1S/C22H34N2O3/c1-2-27-22(26)20(14-13-19-11-7-6-8-12-19)21(25)23-15-18-24-16-9-4-3-5-10-17-24/h6-8,11-12,20H,2-5,9-10,13-18H2,1H3,(H,23,25). The predicted octanol–water partition coefficient (Wildman–Crippen LogP) is 3.18. The summed E-state index contributed by atoms with van der Waals surface area (Å²) in [5.74, 6) is -1.37. The van der Waals surface area contributed by atoms with Crippen LogP contribution in [-0.4, -0.2) is 49.6 Å². The first-order valence-electron chi connectivity index (χ1n) is 10.4. The van der Waals surface area contributed by atoms with Gasteiger partial charge in [0, 0.05) is 13.1 Å². The average Bonchev–Trinajstić information content (AvgIpc) is 2.64. The Bertz CT molecular complexity index is 554. The van der Waals surface area contributed by atoms with E-state index in [2.05, 4.69) is 10.2 Å². The fraction of sp³-hybridized carbons (Fsp3) is 0.636.